The van der Waals surface area contributed by atoms with E-state index in [1.165, 1.54) is 0 Å². The largest absolute Gasteiger partial charge is 0.489 e. The van der Waals surface area contributed by atoms with Crippen LogP contribution in [0.3, 0.4) is 0 Å². The summed E-state index contributed by atoms with van der Waals surface area (Å²) in [7, 11) is -1.08. The van der Waals surface area contributed by atoms with Gasteiger partial charge in [-0.15, -0.1) is 0 Å². The molecular weight excluding hydrogens is 414 g/mol. The Morgan fingerprint density at radius 1 is 1.26 bits per heavy atom. The molecule has 2 fully saturated rings. The number of aliphatic hydroxyl groups is 1. The van der Waals surface area contributed by atoms with Gasteiger partial charge in [0.25, 0.3) is 0 Å². The Kier molecular flexibility index (Phi) is 4.57. The first-order valence-corrected chi connectivity index (χ1v) is 12.4. The normalized spacial score (nSPS) is 25.7. The lowest BCUT2D eigenvalue weighted by atomic mass is 9.77. The molecule has 1 saturated heterocycles. The van der Waals surface area contributed by atoms with E-state index in [1.807, 2.05) is 12.1 Å². The van der Waals surface area contributed by atoms with E-state index in [1.54, 1.807) is 0 Å². The van der Waals surface area contributed by atoms with E-state index in [0.29, 0.717) is 30.5 Å². The Labute approximate surface area is 184 Å². The number of piperazine rings is 1. The van der Waals surface area contributed by atoms with Crippen molar-refractivity contribution in [3.8, 4) is 5.75 Å². The first kappa shape index (κ1) is 19.3. The molecule has 0 unspecified atom stereocenters. The first-order valence-electron chi connectivity index (χ1n) is 11.1. The topological polar surface area (TPSA) is 90.8 Å². The van der Waals surface area contributed by atoms with Crippen molar-refractivity contribution in [3.05, 3.63) is 30.0 Å². The van der Waals surface area contributed by atoms with Crippen molar-refractivity contribution in [1.82, 2.24) is 9.97 Å². The summed E-state index contributed by atoms with van der Waals surface area (Å²) in [5.74, 6) is 2.88. The summed E-state index contributed by atoms with van der Waals surface area (Å²) in [6.45, 7) is 3.17. The smallest absolute Gasteiger partial charge is 0.227 e. The molecule has 1 aromatic heterocycles. The average Bonchev–Trinajstić information content (AvgIpc) is 3.16. The van der Waals surface area contributed by atoms with Crippen LogP contribution in [-0.2, 0) is 17.2 Å². The van der Waals surface area contributed by atoms with Gasteiger partial charge in [0.2, 0.25) is 5.95 Å². The number of benzene rings is 1. The molecule has 31 heavy (non-hydrogen) atoms. The highest BCUT2D eigenvalue weighted by Gasteiger charge is 2.40. The zero-order valence-corrected chi connectivity index (χ0v) is 18.2. The highest BCUT2D eigenvalue weighted by molar-refractivity contribution is 7.85. The number of ether oxygens (including phenoxy) is 1. The Hall–Kier alpha value is -2.39. The number of fused-ring (bicyclic) bond motifs is 4. The zero-order valence-electron chi connectivity index (χ0n) is 17.4. The fourth-order valence-corrected chi connectivity index (χ4v) is 6.39. The lowest BCUT2D eigenvalue weighted by Crippen LogP contribution is -2.57. The van der Waals surface area contributed by atoms with Gasteiger partial charge in [0.05, 0.1) is 40.4 Å². The van der Waals surface area contributed by atoms with Crippen LogP contribution < -0.4 is 19.9 Å². The summed E-state index contributed by atoms with van der Waals surface area (Å²) in [5, 5.41) is 13.4. The fraction of sp³-hybridized carbons (Fsp3) is 0.545. The third-order valence-electron chi connectivity index (χ3n) is 7.04. The summed E-state index contributed by atoms with van der Waals surface area (Å²) in [6.07, 6.45) is 3.60. The van der Waals surface area contributed by atoms with E-state index < -0.39 is 10.8 Å². The molecule has 4 aliphatic rings. The van der Waals surface area contributed by atoms with E-state index in [0.717, 1.165) is 60.9 Å². The van der Waals surface area contributed by atoms with E-state index >= 15 is 0 Å². The van der Waals surface area contributed by atoms with Crippen molar-refractivity contribution in [2.24, 2.45) is 0 Å². The number of para-hydroxylation sites is 2. The number of nitrogens with zero attached hydrogens (tertiary/aromatic N) is 4. The maximum absolute atomic E-state index is 12.7. The zero-order chi connectivity index (χ0) is 21.0. The minimum atomic E-state index is -1.08. The molecule has 8 nitrogen and oxygen atoms in total. The Morgan fingerprint density at radius 3 is 2.94 bits per heavy atom. The summed E-state index contributed by atoms with van der Waals surface area (Å²) in [4.78, 5) is 15.1. The van der Waals surface area contributed by atoms with E-state index in [-0.39, 0.29) is 18.2 Å². The van der Waals surface area contributed by atoms with Gasteiger partial charge in [0.15, 0.2) is 0 Å². The standard InChI is InChI=1S/C22H27N5O3S/c28-14-22(7-3-8-22)25-20-19-16(6-11-31(19)29)23-21(24-20)26-9-10-27-15(12-26)13-30-18-5-2-1-4-17(18)27/h1-2,4-5,15,28H,3,6-14H2,(H,23,24,25)/t15-,31-/m1/s1. The maximum atomic E-state index is 12.7. The quantitative estimate of drug-likeness (QED) is 0.739. The molecule has 2 aromatic rings. The molecule has 6 rings (SSSR count). The third kappa shape index (κ3) is 3.17. The molecule has 164 valence electrons. The van der Waals surface area contributed by atoms with Gasteiger partial charge in [-0.3, -0.25) is 4.21 Å². The van der Waals surface area contributed by atoms with Gasteiger partial charge >= 0.3 is 0 Å². The van der Waals surface area contributed by atoms with Gasteiger partial charge in [-0.2, -0.15) is 4.98 Å². The van der Waals surface area contributed by atoms with Crippen LogP contribution in [0.15, 0.2) is 29.2 Å². The van der Waals surface area contributed by atoms with Crippen LogP contribution in [0.2, 0.25) is 0 Å². The third-order valence-corrected chi connectivity index (χ3v) is 8.50. The van der Waals surface area contributed by atoms with Crippen molar-refractivity contribution >= 4 is 28.3 Å². The number of aromatic nitrogens is 2. The minimum Gasteiger partial charge on any atom is -0.489 e. The average molecular weight is 442 g/mol. The molecule has 4 heterocycles. The van der Waals surface area contributed by atoms with Gasteiger partial charge in [-0.05, 0) is 31.4 Å². The molecule has 1 saturated carbocycles. The Bertz CT molecular complexity index is 1040. The van der Waals surface area contributed by atoms with Crippen LogP contribution in [0, 0.1) is 0 Å². The summed E-state index contributed by atoms with van der Waals surface area (Å²) < 4.78 is 18.7. The molecule has 9 heteroatoms. The number of rotatable bonds is 4. The predicted octanol–water partition coefficient (Wildman–Crippen LogP) is 1.55. The molecule has 0 radical (unpaired) electrons. The lowest BCUT2D eigenvalue weighted by Gasteiger charge is -2.45. The Balaban J connectivity index is 1.30. The lowest BCUT2D eigenvalue weighted by molar-refractivity contribution is 0.143. The molecule has 0 amide bonds. The molecule has 0 bridgehead atoms. The number of nitrogens with one attached hydrogen (secondary N) is 1. The monoisotopic (exact) mass is 441 g/mol. The number of hydrogen-bond donors (Lipinski definition) is 2. The van der Waals surface area contributed by atoms with Gasteiger partial charge in [0, 0.05) is 31.8 Å². The summed E-state index contributed by atoms with van der Waals surface area (Å²) >= 11 is 0. The van der Waals surface area contributed by atoms with Crippen LogP contribution in [0.25, 0.3) is 0 Å². The molecule has 2 N–H and O–H groups in total. The second-order valence-corrected chi connectivity index (χ2v) is 10.4. The number of hydrogen-bond acceptors (Lipinski definition) is 8. The van der Waals surface area contributed by atoms with Crippen molar-refractivity contribution in [3.63, 3.8) is 0 Å². The molecule has 2 atom stereocenters. The number of aliphatic hydroxyl groups excluding tert-OH is 1. The van der Waals surface area contributed by atoms with E-state index in [2.05, 4.69) is 27.2 Å². The molecule has 0 spiro atoms. The van der Waals surface area contributed by atoms with Crippen LogP contribution >= 0.6 is 0 Å². The van der Waals surface area contributed by atoms with Crippen LogP contribution in [0.1, 0.15) is 25.0 Å². The van der Waals surface area contributed by atoms with Gasteiger partial charge in [0.1, 0.15) is 23.1 Å². The van der Waals surface area contributed by atoms with Crippen LogP contribution in [0.5, 0.6) is 5.75 Å². The molecule has 3 aliphatic heterocycles. The van der Waals surface area contributed by atoms with Gasteiger partial charge in [-0.25, -0.2) is 4.98 Å². The second kappa shape index (κ2) is 7.34. The summed E-state index contributed by atoms with van der Waals surface area (Å²) in [5.41, 5.74) is 1.69. The van der Waals surface area contributed by atoms with Crippen molar-refractivity contribution in [2.45, 2.75) is 42.2 Å². The second-order valence-electron chi connectivity index (χ2n) is 8.94. The van der Waals surface area contributed by atoms with E-state index in [4.69, 9.17) is 14.7 Å². The molecular formula is C22H27N5O3S. The highest BCUT2D eigenvalue weighted by atomic mass is 32.2. The molecule has 1 aliphatic carbocycles. The van der Waals surface area contributed by atoms with Crippen molar-refractivity contribution in [2.75, 3.05) is 53.7 Å². The Morgan fingerprint density at radius 2 is 2.13 bits per heavy atom. The highest BCUT2D eigenvalue weighted by Crippen LogP contribution is 2.39. The van der Waals surface area contributed by atoms with Gasteiger partial charge < -0.3 is 25.0 Å². The minimum absolute atomic E-state index is 0.0608. The number of aryl methyl sites for hydroxylation is 1. The van der Waals surface area contributed by atoms with Gasteiger partial charge in [-0.1, -0.05) is 12.1 Å². The van der Waals surface area contributed by atoms with E-state index in [9.17, 15) is 9.32 Å². The van der Waals surface area contributed by atoms with Crippen LogP contribution in [-0.4, -0.2) is 69.5 Å². The van der Waals surface area contributed by atoms with Crippen molar-refractivity contribution in [1.29, 1.82) is 0 Å². The maximum Gasteiger partial charge on any atom is 0.227 e. The first-order chi connectivity index (χ1) is 15.2. The predicted molar refractivity (Wildman–Crippen MR) is 120 cm³/mol. The fourth-order valence-electron chi connectivity index (χ4n) is 5.09. The SMILES string of the molecule is O=[S@@]1CCc2nc(N3CCN4c5ccccc5OC[C@H]4C3)nc(NC3(CO)CCC3)c21. The summed E-state index contributed by atoms with van der Waals surface area (Å²) in [6, 6.07) is 8.44. The number of anilines is 3. The molecule has 1 aromatic carbocycles. The van der Waals surface area contributed by atoms with Crippen LogP contribution in [0.4, 0.5) is 17.5 Å². The van der Waals surface area contributed by atoms with Crippen molar-refractivity contribution < 1.29 is 14.1 Å².